The second-order valence-corrected chi connectivity index (χ2v) is 7.64. The van der Waals surface area contributed by atoms with E-state index in [1.807, 2.05) is 42.8 Å². The first kappa shape index (κ1) is 23.7. The Kier molecular flexibility index (Phi) is 10.8. The maximum absolute atomic E-state index is 5.23. The van der Waals surface area contributed by atoms with E-state index < -0.39 is 0 Å². The molecule has 2 N–H and O–H groups in total. The topological polar surface area (TPSA) is 76.4 Å². The summed E-state index contributed by atoms with van der Waals surface area (Å²) in [5.74, 6) is 3.45. The Morgan fingerprint density at radius 2 is 1.70 bits per heavy atom. The summed E-state index contributed by atoms with van der Waals surface area (Å²) in [7, 11) is 3.66. The minimum absolute atomic E-state index is 0.586. The van der Waals surface area contributed by atoms with Gasteiger partial charge in [-0.3, -0.25) is 0 Å². The van der Waals surface area contributed by atoms with Crippen LogP contribution in [0.1, 0.15) is 69.1 Å². The van der Waals surface area contributed by atoms with Crippen LogP contribution in [0.25, 0.3) is 0 Å². The highest BCUT2D eigenvalue weighted by molar-refractivity contribution is 5.79. The third-order valence-electron chi connectivity index (χ3n) is 5.25. The fourth-order valence-electron chi connectivity index (χ4n) is 3.13. The summed E-state index contributed by atoms with van der Waals surface area (Å²) in [5.41, 5.74) is 1.14. The second-order valence-electron chi connectivity index (χ2n) is 7.64. The first-order valence-corrected chi connectivity index (χ1v) is 11.1. The van der Waals surface area contributed by atoms with Gasteiger partial charge in [-0.1, -0.05) is 57.6 Å². The summed E-state index contributed by atoms with van der Waals surface area (Å²) < 4.78 is 7.22. The van der Waals surface area contributed by atoms with Crippen LogP contribution in [0.3, 0.4) is 0 Å². The van der Waals surface area contributed by atoms with Crippen LogP contribution in [0.15, 0.2) is 29.3 Å². The average Bonchev–Trinajstić information content (AvgIpc) is 3.09. The van der Waals surface area contributed by atoms with E-state index in [1.165, 1.54) is 38.5 Å². The monoisotopic (exact) mass is 414 g/mol. The van der Waals surface area contributed by atoms with Gasteiger partial charge < -0.3 is 19.9 Å². The summed E-state index contributed by atoms with van der Waals surface area (Å²) in [6.07, 6.45) is 9.07. The predicted octanol–water partition coefficient (Wildman–Crippen LogP) is 4.12. The molecule has 0 saturated carbocycles. The number of guanidine groups is 1. The second kappa shape index (κ2) is 13.6. The van der Waals surface area contributed by atoms with Crippen molar-refractivity contribution in [1.29, 1.82) is 0 Å². The highest BCUT2D eigenvalue weighted by Gasteiger charge is 2.06. The van der Waals surface area contributed by atoms with E-state index in [-0.39, 0.29) is 0 Å². The summed E-state index contributed by atoms with van der Waals surface area (Å²) in [6, 6.07) is 8.02. The lowest BCUT2D eigenvalue weighted by Crippen LogP contribution is -2.38. The van der Waals surface area contributed by atoms with Crippen LogP contribution < -0.4 is 15.4 Å². The van der Waals surface area contributed by atoms with Gasteiger partial charge in [-0.15, -0.1) is 10.2 Å². The van der Waals surface area contributed by atoms with Crippen LogP contribution >= 0.6 is 0 Å². The van der Waals surface area contributed by atoms with Crippen LogP contribution in [0.2, 0.25) is 0 Å². The Morgan fingerprint density at radius 1 is 1.00 bits per heavy atom. The molecule has 0 amide bonds. The molecule has 1 heterocycles. The molecule has 0 unspecified atom stereocenters. The number of aliphatic imine (C=N–C) groups is 1. The van der Waals surface area contributed by atoms with Gasteiger partial charge in [0.15, 0.2) is 11.8 Å². The van der Waals surface area contributed by atoms with Gasteiger partial charge in [-0.05, 0) is 31.0 Å². The van der Waals surface area contributed by atoms with Crippen LogP contribution in [0, 0.1) is 6.92 Å². The van der Waals surface area contributed by atoms with E-state index in [1.54, 1.807) is 7.11 Å². The SMILES string of the molecule is CCCCCCCCCNC(=NCc1ccc(OC)cc1)NCc1nnc(C)n1C. The van der Waals surface area contributed by atoms with E-state index >= 15 is 0 Å². The minimum atomic E-state index is 0.586. The van der Waals surface area contributed by atoms with Crippen LogP contribution in [-0.2, 0) is 20.1 Å². The molecule has 1 aromatic carbocycles. The zero-order valence-electron chi connectivity index (χ0n) is 19.1. The Labute approximate surface area is 181 Å². The molecular formula is C23H38N6O. The van der Waals surface area contributed by atoms with Crippen molar-refractivity contribution < 1.29 is 4.74 Å². The van der Waals surface area contributed by atoms with E-state index in [4.69, 9.17) is 9.73 Å². The smallest absolute Gasteiger partial charge is 0.191 e. The van der Waals surface area contributed by atoms with Gasteiger partial charge in [0.25, 0.3) is 0 Å². The molecule has 2 rings (SSSR count). The number of rotatable bonds is 13. The first-order valence-electron chi connectivity index (χ1n) is 11.1. The van der Waals surface area contributed by atoms with Crippen molar-refractivity contribution in [1.82, 2.24) is 25.4 Å². The van der Waals surface area contributed by atoms with E-state index in [0.29, 0.717) is 13.1 Å². The Bertz CT molecular complexity index is 754. The summed E-state index contributed by atoms with van der Waals surface area (Å²) in [6.45, 7) is 6.32. The summed E-state index contributed by atoms with van der Waals surface area (Å²) in [5, 5.41) is 15.2. The number of unbranched alkanes of at least 4 members (excludes halogenated alkanes) is 6. The van der Waals surface area contributed by atoms with Gasteiger partial charge in [0, 0.05) is 13.6 Å². The zero-order valence-corrected chi connectivity index (χ0v) is 19.1. The number of aromatic nitrogens is 3. The third-order valence-corrected chi connectivity index (χ3v) is 5.25. The standard InChI is InChI=1S/C23H38N6O/c1-5-6-7-8-9-10-11-16-24-23(26-18-22-28-27-19(2)29(22)3)25-17-20-12-14-21(30-4)15-13-20/h12-15H,5-11,16-18H2,1-4H3,(H2,24,25,26). The molecule has 0 saturated heterocycles. The van der Waals surface area contributed by atoms with Gasteiger partial charge in [-0.25, -0.2) is 4.99 Å². The molecule has 0 aliphatic carbocycles. The summed E-state index contributed by atoms with van der Waals surface area (Å²) in [4.78, 5) is 4.76. The number of hydrogen-bond donors (Lipinski definition) is 2. The van der Waals surface area contributed by atoms with E-state index in [9.17, 15) is 0 Å². The highest BCUT2D eigenvalue weighted by Crippen LogP contribution is 2.12. The lowest BCUT2D eigenvalue weighted by molar-refractivity contribution is 0.414. The summed E-state index contributed by atoms with van der Waals surface area (Å²) >= 11 is 0. The van der Waals surface area contributed by atoms with Gasteiger partial charge in [0.2, 0.25) is 0 Å². The molecule has 0 fully saturated rings. The molecule has 0 radical (unpaired) electrons. The highest BCUT2D eigenvalue weighted by atomic mass is 16.5. The third kappa shape index (κ3) is 8.43. The van der Waals surface area contributed by atoms with Crippen molar-refractivity contribution in [2.45, 2.75) is 71.9 Å². The molecule has 0 atom stereocenters. The molecule has 7 heteroatoms. The number of nitrogens with one attached hydrogen (secondary N) is 2. The average molecular weight is 415 g/mol. The molecule has 0 bridgehead atoms. The number of ether oxygens (including phenoxy) is 1. The Balaban J connectivity index is 1.85. The first-order chi connectivity index (χ1) is 14.6. The molecule has 30 heavy (non-hydrogen) atoms. The van der Waals surface area contributed by atoms with Crippen molar-refractivity contribution in [3.63, 3.8) is 0 Å². The molecule has 0 aliphatic rings. The number of methoxy groups -OCH3 is 1. The van der Waals surface area contributed by atoms with Gasteiger partial charge in [0.05, 0.1) is 20.2 Å². The number of benzene rings is 1. The van der Waals surface area contributed by atoms with Crippen LogP contribution in [-0.4, -0.2) is 34.4 Å². The van der Waals surface area contributed by atoms with Gasteiger partial charge in [-0.2, -0.15) is 0 Å². The molecule has 166 valence electrons. The quantitative estimate of drug-likeness (QED) is 0.293. The maximum Gasteiger partial charge on any atom is 0.191 e. The molecule has 0 aliphatic heterocycles. The van der Waals surface area contributed by atoms with Gasteiger partial charge >= 0.3 is 0 Å². The fourth-order valence-corrected chi connectivity index (χ4v) is 3.13. The Hall–Kier alpha value is -2.57. The normalized spacial score (nSPS) is 11.5. The lowest BCUT2D eigenvalue weighted by Gasteiger charge is -2.13. The number of aryl methyl sites for hydroxylation is 1. The molecule has 7 nitrogen and oxygen atoms in total. The Morgan fingerprint density at radius 3 is 2.33 bits per heavy atom. The van der Waals surface area contributed by atoms with E-state index in [0.717, 1.165) is 41.9 Å². The van der Waals surface area contributed by atoms with E-state index in [2.05, 4.69) is 27.8 Å². The molecular weight excluding hydrogens is 376 g/mol. The molecule has 2 aromatic rings. The van der Waals surface area contributed by atoms with Crippen molar-refractivity contribution in [3.05, 3.63) is 41.5 Å². The van der Waals surface area contributed by atoms with Crippen LogP contribution in [0.4, 0.5) is 0 Å². The number of hydrogen-bond acceptors (Lipinski definition) is 4. The predicted molar refractivity (Wildman–Crippen MR) is 123 cm³/mol. The minimum Gasteiger partial charge on any atom is -0.497 e. The number of nitrogens with zero attached hydrogens (tertiary/aromatic N) is 4. The largest absolute Gasteiger partial charge is 0.497 e. The van der Waals surface area contributed by atoms with Crippen molar-refractivity contribution in [2.75, 3.05) is 13.7 Å². The lowest BCUT2D eigenvalue weighted by atomic mass is 10.1. The van der Waals surface area contributed by atoms with Crippen molar-refractivity contribution in [3.8, 4) is 5.75 Å². The van der Waals surface area contributed by atoms with Gasteiger partial charge in [0.1, 0.15) is 11.6 Å². The fraction of sp³-hybridized carbons (Fsp3) is 0.609. The molecule has 0 spiro atoms. The van der Waals surface area contributed by atoms with Crippen molar-refractivity contribution in [2.24, 2.45) is 12.0 Å². The zero-order chi connectivity index (χ0) is 21.6. The molecule has 1 aromatic heterocycles. The maximum atomic E-state index is 5.23. The van der Waals surface area contributed by atoms with Crippen molar-refractivity contribution >= 4 is 5.96 Å². The van der Waals surface area contributed by atoms with Crippen LogP contribution in [0.5, 0.6) is 5.75 Å².